The summed E-state index contributed by atoms with van der Waals surface area (Å²) in [6.07, 6.45) is 2.52. The van der Waals surface area contributed by atoms with Crippen molar-refractivity contribution in [2.45, 2.75) is 30.2 Å². The van der Waals surface area contributed by atoms with Crippen LogP contribution in [0.25, 0.3) is 0 Å². The van der Waals surface area contributed by atoms with Crippen LogP contribution in [-0.2, 0) is 9.59 Å². The Morgan fingerprint density at radius 1 is 1.40 bits per heavy atom. The second-order valence-corrected chi connectivity index (χ2v) is 6.32. The Morgan fingerprint density at radius 2 is 2.25 bits per heavy atom. The van der Waals surface area contributed by atoms with E-state index in [4.69, 9.17) is 5.73 Å². The fourth-order valence-electron chi connectivity index (χ4n) is 2.66. The summed E-state index contributed by atoms with van der Waals surface area (Å²) in [5, 5.41) is 5.73. The Kier molecular flexibility index (Phi) is 3.67. The normalized spacial score (nSPS) is 24.9. The average Bonchev–Trinajstić information content (AvgIpc) is 2.85. The summed E-state index contributed by atoms with van der Waals surface area (Å²) in [6.45, 7) is 0. The molecule has 106 valence electrons. The summed E-state index contributed by atoms with van der Waals surface area (Å²) in [6, 6.07) is 5.75. The van der Waals surface area contributed by atoms with Gasteiger partial charge in [-0.2, -0.15) is 0 Å². The maximum absolute atomic E-state index is 12.1. The van der Waals surface area contributed by atoms with Crippen molar-refractivity contribution in [1.29, 1.82) is 0 Å². The molecule has 1 aliphatic heterocycles. The van der Waals surface area contributed by atoms with Crippen LogP contribution in [0.3, 0.4) is 0 Å². The van der Waals surface area contributed by atoms with Gasteiger partial charge in [-0.1, -0.05) is 0 Å². The van der Waals surface area contributed by atoms with E-state index in [9.17, 15) is 9.59 Å². The lowest BCUT2D eigenvalue weighted by atomic mass is 10.1. The number of amides is 2. The Hall–Kier alpha value is -1.53. The van der Waals surface area contributed by atoms with Crippen molar-refractivity contribution in [3.05, 3.63) is 18.2 Å². The number of thioether (sulfide) groups is 1. The summed E-state index contributed by atoms with van der Waals surface area (Å²) < 4.78 is 0. The van der Waals surface area contributed by atoms with Gasteiger partial charge in [0.15, 0.2) is 0 Å². The highest BCUT2D eigenvalue weighted by molar-refractivity contribution is 8.00. The number of carbonyl (C=O) groups is 2. The van der Waals surface area contributed by atoms with E-state index in [1.165, 1.54) is 11.8 Å². The highest BCUT2D eigenvalue weighted by atomic mass is 32.2. The van der Waals surface area contributed by atoms with Crippen molar-refractivity contribution in [2.75, 3.05) is 16.4 Å². The van der Waals surface area contributed by atoms with E-state index in [1.807, 2.05) is 18.2 Å². The molecular weight excluding hydrogens is 274 g/mol. The first-order valence-corrected chi connectivity index (χ1v) is 7.73. The van der Waals surface area contributed by atoms with Gasteiger partial charge >= 0.3 is 0 Å². The molecule has 1 aromatic rings. The summed E-state index contributed by atoms with van der Waals surface area (Å²) in [7, 11) is 0. The maximum Gasteiger partial charge on any atom is 0.234 e. The predicted octanol–water partition coefficient (Wildman–Crippen LogP) is 1.80. The van der Waals surface area contributed by atoms with Crippen LogP contribution in [0.5, 0.6) is 0 Å². The molecule has 1 fully saturated rings. The highest BCUT2D eigenvalue weighted by Crippen LogP contribution is 2.34. The van der Waals surface area contributed by atoms with E-state index in [0.717, 1.165) is 35.5 Å². The largest absolute Gasteiger partial charge is 0.328 e. The number of hydrogen-bond donors (Lipinski definition) is 3. The molecule has 2 amide bonds. The SMILES string of the molecule is NC1CCC(C(=O)Nc2ccc3c(c2)NC(=O)CS3)C1. The first-order valence-electron chi connectivity index (χ1n) is 6.75. The zero-order valence-corrected chi connectivity index (χ0v) is 11.8. The van der Waals surface area contributed by atoms with E-state index in [2.05, 4.69) is 10.6 Å². The lowest BCUT2D eigenvalue weighted by molar-refractivity contribution is -0.119. The van der Waals surface area contributed by atoms with Crippen LogP contribution in [-0.4, -0.2) is 23.6 Å². The predicted molar refractivity (Wildman–Crippen MR) is 79.7 cm³/mol. The zero-order valence-electron chi connectivity index (χ0n) is 11.0. The van der Waals surface area contributed by atoms with Crippen LogP contribution >= 0.6 is 11.8 Å². The van der Waals surface area contributed by atoms with Gasteiger partial charge in [0.1, 0.15) is 0 Å². The minimum atomic E-state index is -0.00672. The number of hydrogen-bond acceptors (Lipinski definition) is 4. The number of fused-ring (bicyclic) bond motifs is 1. The number of nitrogens with two attached hydrogens (primary N) is 1. The molecule has 6 heteroatoms. The Labute approximate surface area is 121 Å². The van der Waals surface area contributed by atoms with Crippen molar-refractivity contribution in [3.8, 4) is 0 Å². The molecule has 4 N–H and O–H groups in total. The highest BCUT2D eigenvalue weighted by Gasteiger charge is 2.28. The van der Waals surface area contributed by atoms with Crippen LogP contribution in [0, 0.1) is 5.92 Å². The van der Waals surface area contributed by atoms with Crippen molar-refractivity contribution in [3.63, 3.8) is 0 Å². The third-order valence-corrected chi connectivity index (χ3v) is 4.80. The molecule has 0 radical (unpaired) electrons. The van der Waals surface area contributed by atoms with Crippen LogP contribution in [0.1, 0.15) is 19.3 Å². The third kappa shape index (κ3) is 2.81. The molecule has 2 atom stereocenters. The zero-order chi connectivity index (χ0) is 14.1. The standard InChI is InChI=1S/C14H17N3O2S/c15-9-2-1-8(5-9)14(19)16-10-3-4-12-11(6-10)17-13(18)7-20-12/h3-4,6,8-9H,1-2,5,7,15H2,(H,16,19)(H,17,18). The molecule has 1 heterocycles. The van der Waals surface area contributed by atoms with Crippen LogP contribution in [0.4, 0.5) is 11.4 Å². The van der Waals surface area contributed by atoms with E-state index < -0.39 is 0 Å². The molecule has 1 aliphatic carbocycles. The van der Waals surface area contributed by atoms with Crippen molar-refractivity contribution in [1.82, 2.24) is 0 Å². The minimum absolute atomic E-state index is 0.00463. The molecular formula is C14H17N3O2S. The van der Waals surface area contributed by atoms with Gasteiger partial charge in [0, 0.05) is 22.5 Å². The number of anilines is 2. The van der Waals surface area contributed by atoms with E-state index in [-0.39, 0.29) is 23.8 Å². The first-order chi connectivity index (χ1) is 9.61. The van der Waals surface area contributed by atoms with E-state index in [1.54, 1.807) is 0 Å². The third-order valence-electron chi connectivity index (χ3n) is 3.72. The molecule has 1 aromatic carbocycles. The number of rotatable bonds is 2. The summed E-state index contributed by atoms with van der Waals surface area (Å²) in [4.78, 5) is 24.5. The molecule has 2 aliphatic rings. The minimum Gasteiger partial charge on any atom is -0.328 e. The summed E-state index contributed by atoms with van der Waals surface area (Å²) >= 11 is 1.51. The van der Waals surface area contributed by atoms with Crippen molar-refractivity contribution in [2.24, 2.45) is 11.7 Å². The van der Waals surface area contributed by atoms with Crippen molar-refractivity contribution >= 4 is 35.0 Å². The van der Waals surface area contributed by atoms with Crippen LogP contribution < -0.4 is 16.4 Å². The smallest absolute Gasteiger partial charge is 0.234 e. The topological polar surface area (TPSA) is 84.2 Å². The fourth-order valence-corrected chi connectivity index (χ4v) is 3.45. The maximum atomic E-state index is 12.1. The molecule has 0 saturated heterocycles. The second-order valence-electron chi connectivity index (χ2n) is 5.31. The lowest BCUT2D eigenvalue weighted by Gasteiger charge is -2.18. The van der Waals surface area contributed by atoms with Crippen LogP contribution in [0.15, 0.2) is 23.1 Å². The lowest BCUT2D eigenvalue weighted by Crippen LogP contribution is -2.23. The summed E-state index contributed by atoms with van der Waals surface area (Å²) in [5.74, 6) is 0.462. The van der Waals surface area contributed by atoms with Gasteiger partial charge in [-0.15, -0.1) is 11.8 Å². The Morgan fingerprint density at radius 3 is 3.00 bits per heavy atom. The van der Waals surface area contributed by atoms with Gasteiger partial charge in [0.25, 0.3) is 0 Å². The van der Waals surface area contributed by atoms with Gasteiger partial charge in [-0.25, -0.2) is 0 Å². The Bertz CT molecular complexity index is 561. The molecule has 0 aromatic heterocycles. The van der Waals surface area contributed by atoms with E-state index >= 15 is 0 Å². The van der Waals surface area contributed by atoms with Gasteiger partial charge in [0.2, 0.25) is 11.8 Å². The number of carbonyl (C=O) groups excluding carboxylic acids is 2. The fraction of sp³-hybridized carbons (Fsp3) is 0.429. The van der Waals surface area contributed by atoms with Crippen molar-refractivity contribution < 1.29 is 9.59 Å². The van der Waals surface area contributed by atoms with Gasteiger partial charge in [-0.05, 0) is 37.5 Å². The van der Waals surface area contributed by atoms with E-state index in [0.29, 0.717) is 5.75 Å². The molecule has 0 spiro atoms. The molecule has 20 heavy (non-hydrogen) atoms. The quantitative estimate of drug-likeness (QED) is 0.775. The monoisotopic (exact) mass is 291 g/mol. The van der Waals surface area contributed by atoms with Gasteiger partial charge < -0.3 is 16.4 Å². The second kappa shape index (κ2) is 5.46. The number of nitrogens with one attached hydrogen (secondary N) is 2. The molecule has 2 unspecified atom stereocenters. The number of benzene rings is 1. The molecule has 0 bridgehead atoms. The average molecular weight is 291 g/mol. The summed E-state index contributed by atoms with van der Waals surface area (Å²) in [5.41, 5.74) is 7.32. The molecule has 5 nitrogen and oxygen atoms in total. The molecule has 1 saturated carbocycles. The Balaban J connectivity index is 1.70. The van der Waals surface area contributed by atoms with Crippen LogP contribution in [0.2, 0.25) is 0 Å². The molecule has 3 rings (SSSR count). The van der Waals surface area contributed by atoms with Gasteiger partial charge in [-0.3, -0.25) is 9.59 Å². The van der Waals surface area contributed by atoms with Gasteiger partial charge in [0.05, 0.1) is 11.4 Å². The first kappa shape index (κ1) is 13.5.